The van der Waals surface area contributed by atoms with Crippen molar-refractivity contribution in [3.8, 4) is 5.75 Å². The fourth-order valence-electron chi connectivity index (χ4n) is 3.66. The van der Waals surface area contributed by atoms with Crippen molar-refractivity contribution in [2.45, 2.75) is 52.1 Å². The van der Waals surface area contributed by atoms with E-state index in [4.69, 9.17) is 0 Å². The van der Waals surface area contributed by atoms with E-state index in [1.807, 2.05) is 6.92 Å². The molecule has 1 aliphatic heterocycles. The molecule has 1 aromatic heterocycles. The van der Waals surface area contributed by atoms with Gasteiger partial charge in [0.15, 0.2) is 11.4 Å². The molecule has 0 fully saturated rings. The minimum Gasteiger partial charge on any atom is -0.502 e. The van der Waals surface area contributed by atoms with E-state index < -0.39 is 58.1 Å². The number of halogens is 3. The summed E-state index contributed by atoms with van der Waals surface area (Å²) in [7, 11) is 0. The Morgan fingerprint density at radius 1 is 1.21 bits per heavy atom. The van der Waals surface area contributed by atoms with E-state index >= 15 is 0 Å². The zero-order valence-electron chi connectivity index (χ0n) is 18.3. The predicted octanol–water partition coefficient (Wildman–Crippen LogP) is 2.83. The lowest BCUT2D eigenvalue weighted by Gasteiger charge is -2.35. The summed E-state index contributed by atoms with van der Waals surface area (Å²) in [5.74, 6) is -6.00. The number of hydrogen-bond donors (Lipinski definition) is 3. The molecule has 1 unspecified atom stereocenters. The van der Waals surface area contributed by atoms with Crippen molar-refractivity contribution >= 4 is 11.8 Å². The topological polar surface area (TPSA) is 104 Å². The Balaban J connectivity index is 1.81. The number of nitrogens with zero attached hydrogens (tertiary/aromatic N) is 2. The number of pyridine rings is 1. The largest absolute Gasteiger partial charge is 0.502 e. The highest BCUT2D eigenvalue weighted by Crippen LogP contribution is 2.22. The average Bonchev–Trinajstić information content (AvgIpc) is 2.75. The van der Waals surface area contributed by atoms with Gasteiger partial charge in [0.05, 0.1) is 0 Å². The van der Waals surface area contributed by atoms with Crippen molar-refractivity contribution in [3.63, 3.8) is 0 Å². The molecule has 33 heavy (non-hydrogen) atoms. The maximum Gasteiger partial charge on any atom is 0.278 e. The number of amides is 2. The van der Waals surface area contributed by atoms with Gasteiger partial charge < -0.3 is 20.7 Å². The molecule has 178 valence electrons. The number of aromatic hydroxyl groups is 1. The Labute approximate surface area is 188 Å². The molecule has 2 heterocycles. The lowest BCUT2D eigenvalue weighted by Crippen LogP contribution is -2.50. The van der Waals surface area contributed by atoms with Crippen LogP contribution in [0.15, 0.2) is 23.1 Å². The first-order chi connectivity index (χ1) is 15.6. The molecule has 3 N–H and O–H groups in total. The third kappa shape index (κ3) is 4.96. The number of rotatable bonds is 8. The molecular formula is C22H25F3N4O4. The standard InChI is InChI=1S/C22H25F3N4O4/c1-3-4-5-6-12(2)28-11-27-29-10-15(19(30)20(31)18(29)22(28)33)21(32)26-9-14-16(24)7-13(23)8-17(14)25/h7-8,10,12,27,31H,3-6,9,11H2,1-2H3,(H,26,32). The van der Waals surface area contributed by atoms with Crippen LogP contribution in [-0.4, -0.2) is 39.2 Å². The molecule has 0 radical (unpaired) electrons. The van der Waals surface area contributed by atoms with Crippen LogP contribution in [0.4, 0.5) is 13.2 Å². The molecule has 0 saturated heterocycles. The number of hydrogen-bond acceptors (Lipinski definition) is 5. The zero-order valence-corrected chi connectivity index (χ0v) is 18.3. The minimum absolute atomic E-state index is 0.0918. The maximum atomic E-state index is 13.8. The quantitative estimate of drug-likeness (QED) is 0.519. The second-order valence-electron chi connectivity index (χ2n) is 7.91. The SMILES string of the molecule is CCCCCC(C)N1CNn2cc(C(=O)NCc3c(F)cc(F)cc3F)c(=O)c(O)c2C1=O. The summed E-state index contributed by atoms with van der Waals surface area (Å²) >= 11 is 0. The van der Waals surface area contributed by atoms with E-state index in [0.29, 0.717) is 12.1 Å². The van der Waals surface area contributed by atoms with Gasteiger partial charge in [0.1, 0.15) is 29.7 Å². The van der Waals surface area contributed by atoms with E-state index in [9.17, 15) is 32.7 Å². The highest BCUT2D eigenvalue weighted by Gasteiger charge is 2.33. The summed E-state index contributed by atoms with van der Waals surface area (Å²) in [5, 5.41) is 12.6. The van der Waals surface area contributed by atoms with Crippen LogP contribution in [0.3, 0.4) is 0 Å². The monoisotopic (exact) mass is 466 g/mol. The first kappa shape index (κ1) is 24.1. The van der Waals surface area contributed by atoms with Crippen molar-refractivity contribution in [2.24, 2.45) is 0 Å². The molecule has 11 heteroatoms. The van der Waals surface area contributed by atoms with Gasteiger partial charge in [-0.25, -0.2) is 13.2 Å². The molecule has 8 nitrogen and oxygen atoms in total. The Bertz CT molecular complexity index is 1110. The molecule has 0 spiro atoms. The van der Waals surface area contributed by atoms with E-state index in [-0.39, 0.29) is 18.4 Å². The second kappa shape index (κ2) is 9.97. The minimum atomic E-state index is -1.20. The summed E-state index contributed by atoms with van der Waals surface area (Å²) in [6.45, 7) is 3.37. The van der Waals surface area contributed by atoms with Gasteiger partial charge in [0.2, 0.25) is 5.43 Å². The molecular weight excluding hydrogens is 441 g/mol. The normalized spacial score (nSPS) is 14.0. The molecule has 3 rings (SSSR count). The maximum absolute atomic E-state index is 13.8. The number of carbonyl (C=O) groups is 2. The fourth-order valence-corrected chi connectivity index (χ4v) is 3.66. The molecule has 2 aromatic rings. The third-order valence-electron chi connectivity index (χ3n) is 5.59. The van der Waals surface area contributed by atoms with E-state index in [2.05, 4.69) is 17.7 Å². The predicted molar refractivity (Wildman–Crippen MR) is 114 cm³/mol. The van der Waals surface area contributed by atoms with Gasteiger partial charge in [-0.1, -0.05) is 26.2 Å². The Kier molecular flexibility index (Phi) is 7.29. The summed E-state index contributed by atoms with van der Waals surface area (Å²) < 4.78 is 41.7. The van der Waals surface area contributed by atoms with Crippen LogP contribution in [-0.2, 0) is 6.54 Å². The number of aromatic nitrogens is 1. The molecule has 2 amide bonds. The Morgan fingerprint density at radius 2 is 1.88 bits per heavy atom. The lowest BCUT2D eigenvalue weighted by molar-refractivity contribution is 0.0645. The first-order valence-electron chi connectivity index (χ1n) is 10.6. The molecule has 1 aromatic carbocycles. The molecule has 0 bridgehead atoms. The summed E-state index contributed by atoms with van der Waals surface area (Å²) in [6.07, 6.45) is 4.77. The smallest absolute Gasteiger partial charge is 0.278 e. The van der Waals surface area contributed by atoms with Crippen LogP contribution in [0.2, 0.25) is 0 Å². The van der Waals surface area contributed by atoms with Crippen LogP contribution in [0.5, 0.6) is 5.75 Å². The number of benzene rings is 1. The molecule has 1 atom stereocenters. The van der Waals surface area contributed by atoms with Crippen molar-refractivity contribution < 1.29 is 27.9 Å². The fraction of sp³-hybridized carbons (Fsp3) is 0.409. The van der Waals surface area contributed by atoms with Gasteiger partial charge in [0.25, 0.3) is 11.8 Å². The van der Waals surface area contributed by atoms with E-state index in [0.717, 1.165) is 36.6 Å². The highest BCUT2D eigenvalue weighted by molar-refractivity contribution is 5.99. The number of unbranched alkanes of at least 4 members (excludes halogenated alkanes) is 2. The van der Waals surface area contributed by atoms with Crippen LogP contribution in [0.25, 0.3) is 0 Å². The lowest BCUT2D eigenvalue weighted by atomic mass is 10.1. The van der Waals surface area contributed by atoms with Crippen molar-refractivity contribution in [1.82, 2.24) is 14.9 Å². The molecule has 1 aliphatic rings. The van der Waals surface area contributed by atoms with Gasteiger partial charge in [0, 0.05) is 36.5 Å². The van der Waals surface area contributed by atoms with Gasteiger partial charge >= 0.3 is 0 Å². The first-order valence-corrected chi connectivity index (χ1v) is 10.6. The van der Waals surface area contributed by atoms with Gasteiger partial charge in [-0.15, -0.1) is 0 Å². The van der Waals surface area contributed by atoms with Crippen molar-refractivity contribution in [2.75, 3.05) is 12.1 Å². The van der Waals surface area contributed by atoms with E-state index in [1.165, 1.54) is 4.90 Å². The average molecular weight is 466 g/mol. The van der Waals surface area contributed by atoms with Crippen LogP contribution in [0.1, 0.15) is 65.9 Å². The number of carbonyl (C=O) groups excluding carboxylic acids is 2. The van der Waals surface area contributed by atoms with Crippen molar-refractivity contribution in [3.05, 3.63) is 62.8 Å². The summed E-state index contributed by atoms with van der Waals surface area (Å²) in [5.41, 5.74) is 0.322. The number of nitrogens with one attached hydrogen (secondary N) is 2. The van der Waals surface area contributed by atoms with Crippen molar-refractivity contribution in [1.29, 1.82) is 0 Å². The van der Waals surface area contributed by atoms with Gasteiger partial charge in [-0.2, -0.15) is 0 Å². The van der Waals surface area contributed by atoms with Crippen LogP contribution < -0.4 is 16.2 Å². The molecule has 0 saturated carbocycles. The summed E-state index contributed by atoms with van der Waals surface area (Å²) in [4.78, 5) is 39.5. The van der Waals surface area contributed by atoms with E-state index in [1.54, 1.807) is 0 Å². The molecule has 0 aliphatic carbocycles. The number of fused-ring (bicyclic) bond motifs is 1. The highest BCUT2D eigenvalue weighted by atomic mass is 19.1. The second-order valence-corrected chi connectivity index (χ2v) is 7.91. The van der Waals surface area contributed by atoms with Gasteiger partial charge in [-0.05, 0) is 13.3 Å². The Morgan fingerprint density at radius 3 is 2.52 bits per heavy atom. The van der Waals surface area contributed by atoms with Crippen LogP contribution in [0, 0.1) is 17.5 Å². The summed E-state index contributed by atoms with van der Waals surface area (Å²) in [6, 6.07) is 0.798. The zero-order chi connectivity index (χ0) is 24.3. The Hall–Kier alpha value is -3.50. The van der Waals surface area contributed by atoms with Crippen LogP contribution >= 0.6 is 0 Å². The third-order valence-corrected chi connectivity index (χ3v) is 5.59. The van der Waals surface area contributed by atoms with Gasteiger partial charge in [-0.3, -0.25) is 19.1 Å².